The molecule has 0 radical (unpaired) electrons. The second-order valence-electron chi connectivity index (χ2n) is 5.41. The number of carbonyl (C=O) groups is 1. The molecule has 1 aliphatic rings. The number of carboxylic acid groups (broad SMARTS) is 1. The van der Waals surface area contributed by atoms with Gasteiger partial charge < -0.3 is 9.90 Å². The molecule has 0 amide bonds. The minimum Gasteiger partial charge on any atom is -0.545 e. The Morgan fingerprint density at radius 3 is 2.62 bits per heavy atom. The maximum atomic E-state index is 10.7. The van der Waals surface area contributed by atoms with E-state index in [1.165, 1.54) is 23.3 Å². The predicted molar refractivity (Wildman–Crippen MR) is 83.1 cm³/mol. The van der Waals surface area contributed by atoms with E-state index < -0.39 is 5.97 Å². The summed E-state index contributed by atoms with van der Waals surface area (Å²) in [5, 5.41) is 15.1. The van der Waals surface area contributed by atoms with Gasteiger partial charge in [-0.25, -0.2) is 0 Å². The number of carboxylic acids is 1. The molecule has 0 aliphatic heterocycles. The fraction of sp³-hybridized carbons (Fsp3) is 0.294. The highest BCUT2D eigenvalue weighted by Crippen LogP contribution is 2.26. The van der Waals surface area contributed by atoms with E-state index >= 15 is 0 Å². The van der Waals surface area contributed by atoms with Gasteiger partial charge in [0.15, 0.2) is 0 Å². The molecule has 1 aromatic rings. The van der Waals surface area contributed by atoms with E-state index in [2.05, 4.69) is 23.2 Å². The van der Waals surface area contributed by atoms with Gasteiger partial charge in [-0.15, -0.1) is 0 Å². The topological polar surface area (TPSA) is 64.5 Å². The Balaban J connectivity index is 2.09. The number of hydrogen-bond donors (Lipinski definition) is 1. The molecule has 0 fully saturated rings. The Morgan fingerprint density at radius 1 is 1.38 bits per heavy atom. The van der Waals surface area contributed by atoms with Crippen molar-refractivity contribution in [2.24, 2.45) is 11.0 Å². The summed E-state index contributed by atoms with van der Waals surface area (Å²) >= 11 is 0. The first-order valence-electron chi connectivity index (χ1n) is 6.94. The van der Waals surface area contributed by atoms with Crippen molar-refractivity contribution < 1.29 is 9.90 Å². The molecule has 1 N–H and O–H groups in total. The fourth-order valence-corrected chi connectivity index (χ4v) is 2.24. The summed E-state index contributed by atoms with van der Waals surface area (Å²) in [6, 6.07) is 6.34. The molecule has 0 saturated carbocycles. The number of rotatable bonds is 4. The molecule has 0 spiro atoms. The van der Waals surface area contributed by atoms with Crippen molar-refractivity contribution in [1.29, 1.82) is 0 Å². The van der Waals surface area contributed by atoms with Crippen LogP contribution in [-0.2, 0) is 0 Å². The summed E-state index contributed by atoms with van der Waals surface area (Å²) in [5.41, 5.74) is 7.24. The van der Waals surface area contributed by atoms with Gasteiger partial charge in [-0.05, 0) is 55.9 Å². The third-order valence-corrected chi connectivity index (χ3v) is 3.74. The van der Waals surface area contributed by atoms with E-state index in [1.807, 2.05) is 13.8 Å². The number of nitrogens with one attached hydrogen (secondary N) is 1. The Labute approximate surface area is 124 Å². The van der Waals surface area contributed by atoms with Gasteiger partial charge in [0.25, 0.3) is 0 Å². The van der Waals surface area contributed by atoms with E-state index in [1.54, 1.807) is 12.1 Å². The lowest BCUT2D eigenvalue weighted by Crippen LogP contribution is -2.21. The third-order valence-electron chi connectivity index (χ3n) is 3.74. The van der Waals surface area contributed by atoms with Crippen LogP contribution in [0, 0.1) is 5.92 Å². The molecule has 0 bridgehead atoms. The van der Waals surface area contributed by atoms with Crippen LogP contribution < -0.4 is 10.5 Å². The number of anilines is 1. The Kier molecular flexibility index (Phi) is 4.58. The average Bonchev–Trinajstić information content (AvgIpc) is 2.46. The lowest BCUT2D eigenvalue weighted by atomic mass is 9.85. The van der Waals surface area contributed by atoms with Gasteiger partial charge in [-0.3, -0.25) is 5.43 Å². The Morgan fingerprint density at radius 2 is 2.05 bits per heavy atom. The number of nitrogens with zero attached hydrogens (tertiary/aromatic N) is 1. The van der Waals surface area contributed by atoms with Gasteiger partial charge in [-0.1, -0.05) is 30.4 Å². The van der Waals surface area contributed by atoms with Crippen molar-refractivity contribution in [2.75, 3.05) is 5.43 Å². The quantitative estimate of drug-likeness (QED) is 0.682. The van der Waals surface area contributed by atoms with E-state index in [-0.39, 0.29) is 5.56 Å². The second kappa shape index (κ2) is 6.39. The second-order valence-corrected chi connectivity index (χ2v) is 5.41. The summed E-state index contributed by atoms with van der Waals surface area (Å²) in [6.07, 6.45) is 4.07. The van der Waals surface area contributed by atoms with Gasteiger partial charge in [0.05, 0.1) is 17.4 Å². The lowest BCUT2D eigenvalue weighted by molar-refractivity contribution is -0.255. The van der Waals surface area contributed by atoms with Gasteiger partial charge >= 0.3 is 0 Å². The summed E-state index contributed by atoms with van der Waals surface area (Å²) in [6.45, 7) is 8.11. The van der Waals surface area contributed by atoms with Crippen LogP contribution in [0.4, 0.5) is 5.69 Å². The molecular weight excluding hydrogens is 264 g/mol. The van der Waals surface area contributed by atoms with Crippen molar-refractivity contribution in [1.82, 2.24) is 0 Å². The van der Waals surface area contributed by atoms with Gasteiger partial charge in [0.2, 0.25) is 0 Å². The summed E-state index contributed by atoms with van der Waals surface area (Å²) in [4.78, 5) is 10.7. The molecule has 0 aromatic heterocycles. The number of benzene rings is 1. The monoisotopic (exact) mass is 283 g/mol. The Bertz CT molecular complexity index is 612. The zero-order chi connectivity index (χ0) is 15.4. The van der Waals surface area contributed by atoms with E-state index in [9.17, 15) is 9.90 Å². The van der Waals surface area contributed by atoms with Crippen molar-refractivity contribution in [3.05, 3.63) is 53.6 Å². The number of allylic oxidation sites excluding steroid dienone is 3. The molecule has 110 valence electrons. The molecule has 1 aromatic carbocycles. The smallest absolute Gasteiger partial charge is 0.0715 e. The minimum atomic E-state index is -1.18. The van der Waals surface area contributed by atoms with E-state index in [0.29, 0.717) is 5.92 Å². The molecule has 4 nitrogen and oxygen atoms in total. The molecule has 4 heteroatoms. The van der Waals surface area contributed by atoms with Crippen molar-refractivity contribution in [3.63, 3.8) is 0 Å². The molecule has 2 rings (SSSR count). The normalized spacial score (nSPS) is 20.0. The molecule has 21 heavy (non-hydrogen) atoms. The number of hydrogen-bond acceptors (Lipinski definition) is 4. The minimum absolute atomic E-state index is 0.157. The number of hydrazone groups is 1. The van der Waals surface area contributed by atoms with E-state index in [4.69, 9.17) is 0 Å². The zero-order valence-electron chi connectivity index (χ0n) is 12.3. The molecule has 0 heterocycles. The maximum Gasteiger partial charge on any atom is 0.0715 e. The van der Waals surface area contributed by atoms with Crippen LogP contribution in [0.15, 0.2) is 53.2 Å². The van der Waals surface area contributed by atoms with Crippen LogP contribution in [0.1, 0.15) is 37.0 Å². The first-order chi connectivity index (χ1) is 9.97. The fourth-order valence-electron chi connectivity index (χ4n) is 2.24. The third kappa shape index (κ3) is 3.81. The summed E-state index contributed by atoms with van der Waals surface area (Å²) in [7, 11) is 0. The average molecular weight is 283 g/mol. The van der Waals surface area contributed by atoms with Gasteiger partial charge in [-0.2, -0.15) is 5.10 Å². The lowest BCUT2D eigenvalue weighted by Gasteiger charge is -2.22. The molecule has 0 unspecified atom stereocenters. The Hall–Kier alpha value is -2.36. The summed E-state index contributed by atoms with van der Waals surface area (Å²) < 4.78 is 0. The first-order valence-corrected chi connectivity index (χ1v) is 6.94. The highest BCUT2D eigenvalue weighted by Gasteiger charge is 2.18. The van der Waals surface area contributed by atoms with Crippen LogP contribution in [0.3, 0.4) is 0 Å². The van der Waals surface area contributed by atoms with Crippen LogP contribution in [0.2, 0.25) is 0 Å². The summed E-state index contributed by atoms with van der Waals surface area (Å²) in [5.74, 6) is -0.738. The molecule has 0 saturated heterocycles. The number of carbonyl (C=O) groups excluding carboxylic acids is 1. The molecule has 1 aliphatic carbocycles. The van der Waals surface area contributed by atoms with Gasteiger partial charge in [0, 0.05) is 0 Å². The maximum absolute atomic E-state index is 10.7. The highest BCUT2D eigenvalue weighted by atomic mass is 16.4. The van der Waals surface area contributed by atoms with Crippen LogP contribution in [-0.4, -0.2) is 11.7 Å². The zero-order valence-corrected chi connectivity index (χ0v) is 12.3. The van der Waals surface area contributed by atoms with Crippen molar-refractivity contribution in [2.45, 2.75) is 26.7 Å². The van der Waals surface area contributed by atoms with Crippen molar-refractivity contribution in [3.8, 4) is 0 Å². The highest BCUT2D eigenvalue weighted by molar-refractivity contribution is 6.01. The standard InChI is InChI=1S/C17H20N2O2/c1-11(2)14-5-4-12(3)16(10-14)19-18-15-8-6-13(7-9-15)17(20)21/h4,6-9,14,18H,1,5,10H2,2-3H3,(H,20,21)/p-1/t14-/m1/s1. The van der Waals surface area contributed by atoms with Crippen molar-refractivity contribution >= 4 is 17.4 Å². The van der Waals surface area contributed by atoms with Crippen LogP contribution in [0.5, 0.6) is 0 Å². The van der Waals surface area contributed by atoms with E-state index in [0.717, 1.165) is 24.2 Å². The predicted octanol–water partition coefficient (Wildman–Crippen LogP) is 2.75. The van der Waals surface area contributed by atoms with Crippen LogP contribution >= 0.6 is 0 Å². The first kappa shape index (κ1) is 15.0. The number of aromatic carboxylic acids is 1. The SMILES string of the molecule is C=C(C)[C@@H]1CC=C(C)C(=NNc2ccc(C(=O)[O-])cc2)C1. The van der Waals surface area contributed by atoms with Gasteiger partial charge in [0.1, 0.15) is 0 Å². The van der Waals surface area contributed by atoms with Crippen LogP contribution in [0.25, 0.3) is 0 Å². The molecule has 1 atom stereocenters. The molecular formula is C17H19N2O2-. The largest absolute Gasteiger partial charge is 0.545 e.